The fourth-order valence-electron chi connectivity index (χ4n) is 4.34. The number of carbonyl (C=O) groups is 2. The summed E-state index contributed by atoms with van der Waals surface area (Å²) in [6.07, 6.45) is 8.21. The summed E-state index contributed by atoms with van der Waals surface area (Å²) in [7, 11) is 0. The molecular weight excluding hydrogens is 620 g/mol. The molecular formula is C31H38N4O10S. The highest BCUT2D eigenvalue weighted by atomic mass is 32.1. The van der Waals surface area contributed by atoms with Gasteiger partial charge in [0.2, 0.25) is 0 Å². The van der Waals surface area contributed by atoms with Crippen LogP contribution in [0.4, 0.5) is 0 Å². The minimum absolute atomic E-state index is 0.0503. The molecule has 0 saturated carbocycles. The number of esters is 2. The number of thiophene rings is 1. The summed E-state index contributed by atoms with van der Waals surface area (Å²) in [6.45, 7) is 2.67. The Morgan fingerprint density at radius 1 is 0.913 bits per heavy atom. The third-order valence-electron chi connectivity index (χ3n) is 6.72. The molecule has 0 atom stereocenters. The molecule has 2 aromatic heterocycles. The summed E-state index contributed by atoms with van der Waals surface area (Å²) in [5, 5.41) is 20.8. The molecule has 3 rings (SSSR count). The maximum absolute atomic E-state index is 13.2. The van der Waals surface area contributed by atoms with Gasteiger partial charge in [0.1, 0.15) is 5.82 Å². The second-order valence-corrected chi connectivity index (χ2v) is 11.2. The Kier molecular flexibility index (Phi) is 15.2. The SMILES string of the molecule is CCCCc1ncc(/C=C(\Cc2cccs2)C(=O)OCCCCO[N+](=O)[O-])n1Cc1ccc(C(=O)OCCCCO[N+](=O)[O-])cc1. The first-order chi connectivity index (χ1) is 22.3. The Bertz CT molecular complexity index is 1440. The van der Waals surface area contributed by atoms with Gasteiger partial charge < -0.3 is 23.7 Å². The molecule has 14 nitrogen and oxygen atoms in total. The number of carbonyl (C=O) groups excluding carboxylic acids is 2. The highest BCUT2D eigenvalue weighted by Gasteiger charge is 2.17. The number of hydrogen-bond donors (Lipinski definition) is 0. The predicted molar refractivity (Wildman–Crippen MR) is 168 cm³/mol. The van der Waals surface area contributed by atoms with Crippen molar-refractivity contribution in [2.45, 2.75) is 64.8 Å². The average Bonchev–Trinajstić information content (AvgIpc) is 3.69. The molecule has 0 N–H and O–H groups in total. The largest absolute Gasteiger partial charge is 0.462 e. The molecule has 3 aromatic rings. The normalized spacial score (nSPS) is 11.2. The van der Waals surface area contributed by atoms with Gasteiger partial charge in [-0.15, -0.1) is 31.6 Å². The summed E-state index contributed by atoms with van der Waals surface area (Å²) in [5.74, 6) is -0.0921. The van der Waals surface area contributed by atoms with E-state index in [-0.39, 0.29) is 26.4 Å². The first-order valence-corrected chi connectivity index (χ1v) is 15.9. The maximum atomic E-state index is 13.2. The molecule has 0 fully saturated rings. The number of imidazole rings is 1. The molecule has 46 heavy (non-hydrogen) atoms. The molecule has 0 aliphatic carbocycles. The van der Waals surface area contributed by atoms with Crippen molar-refractivity contribution in [3.63, 3.8) is 0 Å². The molecule has 0 unspecified atom stereocenters. The zero-order chi connectivity index (χ0) is 33.1. The molecule has 0 radical (unpaired) electrons. The molecule has 0 amide bonds. The molecule has 0 spiro atoms. The van der Waals surface area contributed by atoms with E-state index in [1.165, 1.54) is 11.3 Å². The smallest absolute Gasteiger partial charge is 0.338 e. The third kappa shape index (κ3) is 12.7. The van der Waals surface area contributed by atoms with Gasteiger partial charge in [-0.25, -0.2) is 14.6 Å². The molecule has 0 bridgehead atoms. The lowest BCUT2D eigenvalue weighted by Crippen LogP contribution is -2.13. The summed E-state index contributed by atoms with van der Waals surface area (Å²) in [5.41, 5.74) is 2.49. The molecule has 0 aliphatic rings. The van der Waals surface area contributed by atoms with Crippen molar-refractivity contribution in [1.29, 1.82) is 0 Å². The number of benzene rings is 1. The fourth-order valence-corrected chi connectivity index (χ4v) is 5.07. The number of aromatic nitrogens is 2. The zero-order valence-electron chi connectivity index (χ0n) is 25.7. The number of ether oxygens (including phenoxy) is 2. The number of nitrogens with zero attached hydrogens (tertiary/aromatic N) is 4. The third-order valence-corrected chi connectivity index (χ3v) is 7.60. The standard InChI is InChI=1S/C31H38N4O10S/c1-2-3-10-29-32-22-27(20-26(21-28-9-8-19-46-28)31(37)43-16-5-7-18-45-35(40)41)33(29)23-24-11-13-25(14-12-24)30(36)42-15-4-6-17-44-34(38)39/h8-9,11-14,19-20,22H,2-7,10,15-18,21,23H2,1H3/b26-20+. The van der Waals surface area contributed by atoms with E-state index >= 15 is 0 Å². The van der Waals surface area contributed by atoms with Gasteiger partial charge in [-0.2, -0.15) is 0 Å². The number of rotatable bonds is 22. The maximum Gasteiger partial charge on any atom is 0.338 e. The minimum atomic E-state index is -0.854. The van der Waals surface area contributed by atoms with Crippen molar-refractivity contribution in [2.75, 3.05) is 26.4 Å². The lowest BCUT2D eigenvalue weighted by atomic mass is 10.1. The molecule has 15 heteroatoms. The second kappa shape index (κ2) is 19.6. The molecule has 0 aliphatic heterocycles. The number of unbranched alkanes of at least 4 members (excludes halogenated alkanes) is 3. The molecule has 0 saturated heterocycles. The molecule has 2 heterocycles. The average molecular weight is 659 g/mol. The van der Waals surface area contributed by atoms with Crippen LogP contribution in [-0.2, 0) is 43.3 Å². The van der Waals surface area contributed by atoms with Crippen molar-refractivity contribution < 1.29 is 38.9 Å². The zero-order valence-corrected chi connectivity index (χ0v) is 26.5. The fraction of sp³-hybridized carbons (Fsp3) is 0.452. The van der Waals surface area contributed by atoms with Crippen LogP contribution in [0.15, 0.2) is 53.5 Å². The van der Waals surface area contributed by atoms with Crippen molar-refractivity contribution in [1.82, 2.24) is 9.55 Å². The summed E-state index contributed by atoms with van der Waals surface area (Å²) < 4.78 is 12.8. The summed E-state index contributed by atoms with van der Waals surface area (Å²) in [4.78, 5) is 60.4. The van der Waals surface area contributed by atoms with Crippen LogP contribution in [0.2, 0.25) is 0 Å². The number of hydrogen-bond acceptors (Lipinski definition) is 12. The van der Waals surface area contributed by atoms with E-state index in [9.17, 15) is 29.8 Å². The van der Waals surface area contributed by atoms with Gasteiger partial charge in [-0.3, -0.25) is 0 Å². The van der Waals surface area contributed by atoms with Crippen LogP contribution in [0.3, 0.4) is 0 Å². The summed E-state index contributed by atoms with van der Waals surface area (Å²) in [6, 6.07) is 10.9. The quantitative estimate of drug-likeness (QED) is 0.0429. The second-order valence-electron chi connectivity index (χ2n) is 10.2. The minimum Gasteiger partial charge on any atom is -0.462 e. The first-order valence-electron chi connectivity index (χ1n) is 15.0. The van der Waals surface area contributed by atoms with Crippen LogP contribution in [0, 0.1) is 20.2 Å². The van der Waals surface area contributed by atoms with Crippen molar-refractivity contribution in [2.24, 2.45) is 0 Å². The van der Waals surface area contributed by atoms with Gasteiger partial charge in [0.15, 0.2) is 0 Å². The van der Waals surface area contributed by atoms with E-state index in [2.05, 4.69) is 21.6 Å². The Labute approximate surface area is 270 Å². The lowest BCUT2D eigenvalue weighted by Gasteiger charge is -2.13. The van der Waals surface area contributed by atoms with Crippen molar-refractivity contribution in [3.8, 4) is 0 Å². The van der Waals surface area contributed by atoms with Gasteiger partial charge in [0.25, 0.3) is 10.2 Å². The van der Waals surface area contributed by atoms with E-state index < -0.39 is 22.1 Å². The molecule has 1 aromatic carbocycles. The predicted octanol–water partition coefficient (Wildman–Crippen LogP) is 5.64. The van der Waals surface area contributed by atoms with Crippen molar-refractivity contribution >= 4 is 29.4 Å². The topological polar surface area (TPSA) is 175 Å². The Hall–Kier alpha value is -4.79. The highest BCUT2D eigenvalue weighted by Crippen LogP contribution is 2.21. The first kappa shape index (κ1) is 35.7. The van der Waals surface area contributed by atoms with E-state index in [0.29, 0.717) is 49.8 Å². The monoisotopic (exact) mass is 658 g/mol. The van der Waals surface area contributed by atoms with E-state index in [1.807, 2.05) is 34.2 Å². The Morgan fingerprint density at radius 3 is 2.17 bits per heavy atom. The van der Waals surface area contributed by atoms with Gasteiger partial charge in [-0.1, -0.05) is 31.5 Å². The van der Waals surface area contributed by atoms with Crippen LogP contribution in [0.1, 0.15) is 77.8 Å². The van der Waals surface area contributed by atoms with Crippen molar-refractivity contribution in [3.05, 3.63) is 101 Å². The van der Waals surface area contributed by atoms with Crippen LogP contribution < -0.4 is 0 Å². The van der Waals surface area contributed by atoms with E-state index in [0.717, 1.165) is 41.2 Å². The Morgan fingerprint density at radius 2 is 1.57 bits per heavy atom. The van der Waals surface area contributed by atoms with Gasteiger partial charge >= 0.3 is 11.9 Å². The van der Waals surface area contributed by atoms with E-state index in [4.69, 9.17) is 9.47 Å². The van der Waals surface area contributed by atoms with Gasteiger partial charge in [0.05, 0.1) is 43.9 Å². The van der Waals surface area contributed by atoms with Crippen LogP contribution in [0.5, 0.6) is 0 Å². The van der Waals surface area contributed by atoms with Gasteiger partial charge in [0, 0.05) is 29.8 Å². The Balaban J connectivity index is 1.72. The highest BCUT2D eigenvalue weighted by molar-refractivity contribution is 7.09. The molecule has 248 valence electrons. The van der Waals surface area contributed by atoms with Gasteiger partial charge in [-0.05, 0) is 67.3 Å². The van der Waals surface area contributed by atoms with E-state index in [1.54, 1.807) is 24.4 Å². The number of aryl methyl sites for hydroxylation is 1. The van der Waals surface area contributed by atoms with Crippen LogP contribution >= 0.6 is 11.3 Å². The lowest BCUT2D eigenvalue weighted by molar-refractivity contribution is -0.757. The van der Waals surface area contributed by atoms with Crippen LogP contribution in [0.25, 0.3) is 6.08 Å². The summed E-state index contributed by atoms with van der Waals surface area (Å²) >= 11 is 1.53. The van der Waals surface area contributed by atoms with Crippen LogP contribution in [-0.4, -0.2) is 58.1 Å².